The molecule has 3 N–H and O–H groups in total. The van der Waals surface area contributed by atoms with E-state index in [2.05, 4.69) is 5.32 Å². The first-order chi connectivity index (χ1) is 8.49. The molecule has 0 aliphatic carbocycles. The Balaban J connectivity index is 2.46. The van der Waals surface area contributed by atoms with Crippen LogP contribution in [0.15, 0.2) is 30.3 Å². The summed E-state index contributed by atoms with van der Waals surface area (Å²) in [6.07, 6.45) is 0. The van der Waals surface area contributed by atoms with Crippen molar-refractivity contribution < 1.29 is 8.78 Å². The van der Waals surface area contributed by atoms with Crippen LogP contribution in [0, 0.1) is 25.5 Å². The van der Waals surface area contributed by atoms with E-state index in [-0.39, 0.29) is 5.69 Å². The van der Waals surface area contributed by atoms with Gasteiger partial charge < -0.3 is 11.1 Å². The molecular formula is C14H14F2N2. The molecule has 0 spiro atoms. The van der Waals surface area contributed by atoms with Gasteiger partial charge in [-0.05, 0) is 43.2 Å². The maximum Gasteiger partial charge on any atom is 0.152 e. The molecule has 0 atom stereocenters. The maximum atomic E-state index is 13.8. The zero-order valence-electron chi connectivity index (χ0n) is 10.2. The highest BCUT2D eigenvalue weighted by atomic mass is 19.1. The summed E-state index contributed by atoms with van der Waals surface area (Å²) in [7, 11) is 0. The molecule has 0 amide bonds. The molecule has 0 radical (unpaired) electrons. The number of hydrogen-bond donors (Lipinski definition) is 2. The Labute approximate surface area is 104 Å². The molecule has 0 saturated heterocycles. The lowest BCUT2D eigenvalue weighted by atomic mass is 10.1. The molecule has 18 heavy (non-hydrogen) atoms. The van der Waals surface area contributed by atoms with Crippen LogP contribution in [0.3, 0.4) is 0 Å². The van der Waals surface area contributed by atoms with E-state index in [4.69, 9.17) is 5.73 Å². The Morgan fingerprint density at radius 1 is 1.06 bits per heavy atom. The molecule has 0 bridgehead atoms. The number of nitrogen functional groups attached to an aromatic ring is 1. The van der Waals surface area contributed by atoms with Crippen molar-refractivity contribution in [2.24, 2.45) is 0 Å². The van der Waals surface area contributed by atoms with Crippen molar-refractivity contribution >= 4 is 17.1 Å². The Morgan fingerprint density at radius 3 is 2.50 bits per heavy atom. The van der Waals surface area contributed by atoms with Gasteiger partial charge in [0.05, 0.1) is 11.4 Å². The average molecular weight is 248 g/mol. The van der Waals surface area contributed by atoms with E-state index in [1.54, 1.807) is 19.1 Å². The summed E-state index contributed by atoms with van der Waals surface area (Å²) in [5.74, 6) is -1.24. The summed E-state index contributed by atoms with van der Waals surface area (Å²) in [5.41, 5.74) is 7.88. The van der Waals surface area contributed by atoms with Crippen molar-refractivity contribution in [3.63, 3.8) is 0 Å². The number of aryl methyl sites for hydroxylation is 2. The molecule has 0 aliphatic rings. The molecule has 0 saturated carbocycles. The van der Waals surface area contributed by atoms with E-state index in [0.29, 0.717) is 16.9 Å². The third kappa shape index (κ3) is 2.27. The highest BCUT2D eigenvalue weighted by Gasteiger charge is 2.12. The SMILES string of the molecule is Cc1ccc(N)c(Nc2c(F)ccc(C)c2F)c1. The monoisotopic (exact) mass is 248 g/mol. The lowest BCUT2D eigenvalue weighted by Crippen LogP contribution is -2.02. The quantitative estimate of drug-likeness (QED) is 0.791. The Morgan fingerprint density at radius 2 is 1.78 bits per heavy atom. The van der Waals surface area contributed by atoms with Gasteiger partial charge in [0.2, 0.25) is 0 Å². The second kappa shape index (κ2) is 4.64. The fourth-order valence-corrected chi connectivity index (χ4v) is 1.68. The van der Waals surface area contributed by atoms with Crippen molar-refractivity contribution in [1.29, 1.82) is 0 Å². The van der Waals surface area contributed by atoms with E-state index in [0.717, 1.165) is 5.56 Å². The summed E-state index contributed by atoms with van der Waals surface area (Å²) in [6, 6.07) is 7.91. The van der Waals surface area contributed by atoms with E-state index >= 15 is 0 Å². The first-order valence-corrected chi connectivity index (χ1v) is 5.57. The lowest BCUT2D eigenvalue weighted by molar-refractivity contribution is 0.585. The standard InChI is InChI=1S/C14H14F2N2/c1-8-3-6-11(17)12(7-8)18-14-10(15)5-4-9(2)13(14)16/h3-7,18H,17H2,1-2H3. The predicted molar refractivity (Wildman–Crippen MR) is 70.0 cm³/mol. The molecule has 0 unspecified atom stereocenters. The lowest BCUT2D eigenvalue weighted by Gasteiger charge is -2.12. The molecule has 0 fully saturated rings. The van der Waals surface area contributed by atoms with Gasteiger partial charge in [0, 0.05) is 0 Å². The van der Waals surface area contributed by atoms with Crippen LogP contribution in [-0.4, -0.2) is 0 Å². The number of nitrogens with two attached hydrogens (primary N) is 1. The number of nitrogens with one attached hydrogen (secondary N) is 1. The zero-order valence-corrected chi connectivity index (χ0v) is 10.2. The van der Waals surface area contributed by atoms with Gasteiger partial charge in [-0.2, -0.15) is 0 Å². The number of anilines is 3. The van der Waals surface area contributed by atoms with Gasteiger partial charge in [-0.1, -0.05) is 12.1 Å². The first kappa shape index (κ1) is 12.4. The van der Waals surface area contributed by atoms with Crippen LogP contribution in [0.5, 0.6) is 0 Å². The first-order valence-electron chi connectivity index (χ1n) is 5.57. The highest BCUT2D eigenvalue weighted by Crippen LogP contribution is 2.29. The van der Waals surface area contributed by atoms with Crippen LogP contribution in [-0.2, 0) is 0 Å². The van der Waals surface area contributed by atoms with Gasteiger partial charge in [-0.3, -0.25) is 0 Å². The molecule has 0 heterocycles. The maximum absolute atomic E-state index is 13.8. The largest absolute Gasteiger partial charge is 0.397 e. The number of halogens is 2. The summed E-state index contributed by atoms with van der Waals surface area (Å²) in [5, 5.41) is 2.72. The minimum Gasteiger partial charge on any atom is -0.397 e. The molecule has 0 aliphatic heterocycles. The van der Waals surface area contributed by atoms with E-state index in [1.807, 2.05) is 13.0 Å². The highest BCUT2D eigenvalue weighted by molar-refractivity contribution is 5.73. The van der Waals surface area contributed by atoms with E-state index < -0.39 is 11.6 Å². The summed E-state index contributed by atoms with van der Waals surface area (Å²) in [4.78, 5) is 0. The van der Waals surface area contributed by atoms with Gasteiger partial charge in [0.1, 0.15) is 11.5 Å². The van der Waals surface area contributed by atoms with Crippen LogP contribution in [0.1, 0.15) is 11.1 Å². The third-order valence-electron chi connectivity index (χ3n) is 2.75. The third-order valence-corrected chi connectivity index (χ3v) is 2.75. The number of hydrogen-bond acceptors (Lipinski definition) is 2. The van der Waals surface area contributed by atoms with Crippen LogP contribution >= 0.6 is 0 Å². The normalized spacial score (nSPS) is 10.4. The van der Waals surface area contributed by atoms with Crippen LogP contribution < -0.4 is 11.1 Å². The van der Waals surface area contributed by atoms with Gasteiger partial charge in [0.15, 0.2) is 5.82 Å². The summed E-state index contributed by atoms with van der Waals surface area (Å²) < 4.78 is 27.4. The molecule has 2 aromatic rings. The molecule has 94 valence electrons. The summed E-state index contributed by atoms with van der Waals surface area (Å²) in [6.45, 7) is 3.47. The van der Waals surface area contributed by atoms with Gasteiger partial charge in [-0.15, -0.1) is 0 Å². The molecule has 2 aromatic carbocycles. The molecule has 2 nitrogen and oxygen atoms in total. The fourth-order valence-electron chi connectivity index (χ4n) is 1.68. The number of rotatable bonds is 2. The molecular weight excluding hydrogens is 234 g/mol. The van der Waals surface area contributed by atoms with Crippen LogP contribution in [0.2, 0.25) is 0 Å². The van der Waals surface area contributed by atoms with Crippen molar-refractivity contribution in [1.82, 2.24) is 0 Å². The zero-order chi connectivity index (χ0) is 13.3. The second-order valence-electron chi connectivity index (χ2n) is 4.27. The molecule has 0 aromatic heterocycles. The summed E-state index contributed by atoms with van der Waals surface area (Å²) >= 11 is 0. The van der Waals surface area contributed by atoms with Crippen molar-refractivity contribution in [2.75, 3.05) is 11.1 Å². The minimum atomic E-state index is -0.640. The van der Waals surface area contributed by atoms with Gasteiger partial charge >= 0.3 is 0 Å². The number of benzene rings is 2. The fraction of sp³-hybridized carbons (Fsp3) is 0.143. The van der Waals surface area contributed by atoms with Crippen molar-refractivity contribution in [2.45, 2.75) is 13.8 Å². The second-order valence-corrected chi connectivity index (χ2v) is 4.27. The molecule has 4 heteroatoms. The van der Waals surface area contributed by atoms with E-state index in [1.165, 1.54) is 12.1 Å². The van der Waals surface area contributed by atoms with Crippen molar-refractivity contribution in [3.8, 4) is 0 Å². The average Bonchev–Trinajstić information content (AvgIpc) is 2.34. The Kier molecular flexibility index (Phi) is 3.19. The Hall–Kier alpha value is -2.10. The van der Waals surface area contributed by atoms with Gasteiger partial charge in [-0.25, -0.2) is 8.78 Å². The van der Waals surface area contributed by atoms with Crippen molar-refractivity contribution in [3.05, 3.63) is 53.1 Å². The predicted octanol–water partition coefficient (Wildman–Crippen LogP) is 3.91. The smallest absolute Gasteiger partial charge is 0.152 e. The van der Waals surface area contributed by atoms with E-state index in [9.17, 15) is 8.78 Å². The van der Waals surface area contributed by atoms with Crippen LogP contribution in [0.4, 0.5) is 25.8 Å². The molecule has 2 rings (SSSR count). The Bertz CT molecular complexity index is 595. The topological polar surface area (TPSA) is 38.0 Å². The minimum absolute atomic E-state index is 0.174. The van der Waals surface area contributed by atoms with Gasteiger partial charge in [0.25, 0.3) is 0 Å². The van der Waals surface area contributed by atoms with Crippen LogP contribution in [0.25, 0.3) is 0 Å².